The van der Waals surface area contributed by atoms with E-state index in [1.807, 2.05) is 0 Å². The lowest BCUT2D eigenvalue weighted by Gasteiger charge is -2.40. The number of hydrogen-bond acceptors (Lipinski definition) is 2. The van der Waals surface area contributed by atoms with Crippen molar-refractivity contribution in [3.8, 4) is 0 Å². The average Bonchev–Trinajstić information content (AvgIpc) is 2.75. The van der Waals surface area contributed by atoms with E-state index in [2.05, 4.69) is 33.0 Å². The summed E-state index contributed by atoms with van der Waals surface area (Å²) in [6, 6.07) is 0. The molecule has 19 heavy (non-hydrogen) atoms. The molecule has 2 fully saturated rings. The maximum absolute atomic E-state index is 6.15. The van der Waals surface area contributed by atoms with Gasteiger partial charge in [-0.1, -0.05) is 19.8 Å². The summed E-state index contributed by atoms with van der Waals surface area (Å²) in [4.78, 5) is 0. The Bertz CT molecular complexity index is 275. The third-order valence-electron chi connectivity index (χ3n) is 5.11. The molecule has 0 radical (unpaired) electrons. The first kappa shape index (κ1) is 15.3. The van der Waals surface area contributed by atoms with E-state index in [4.69, 9.17) is 4.74 Å². The number of rotatable bonds is 4. The molecule has 2 nitrogen and oxygen atoms in total. The SMILES string of the molecule is CC(CCNC(C)(C)C)C1CCOC2(CCCC2)C1. The molecule has 0 aromatic heterocycles. The molecule has 112 valence electrons. The zero-order chi connectivity index (χ0) is 13.9. The van der Waals surface area contributed by atoms with Crippen LogP contribution in [0.4, 0.5) is 0 Å². The van der Waals surface area contributed by atoms with Crippen LogP contribution in [-0.4, -0.2) is 24.3 Å². The standard InChI is InChI=1S/C17H33NO/c1-14(7-11-18-16(2,3)4)15-8-12-19-17(13-15)9-5-6-10-17/h14-15,18H,5-13H2,1-4H3. The third kappa shape index (κ3) is 4.46. The van der Waals surface area contributed by atoms with Crippen LogP contribution in [0.1, 0.15) is 72.6 Å². The molecule has 2 atom stereocenters. The molecule has 2 unspecified atom stereocenters. The predicted octanol–water partition coefficient (Wildman–Crippen LogP) is 4.14. The van der Waals surface area contributed by atoms with Gasteiger partial charge in [0.15, 0.2) is 0 Å². The Balaban J connectivity index is 1.77. The van der Waals surface area contributed by atoms with E-state index in [9.17, 15) is 0 Å². The van der Waals surface area contributed by atoms with Gasteiger partial charge in [-0.15, -0.1) is 0 Å². The zero-order valence-corrected chi connectivity index (χ0v) is 13.4. The van der Waals surface area contributed by atoms with Gasteiger partial charge >= 0.3 is 0 Å². The fraction of sp³-hybridized carbons (Fsp3) is 1.00. The first-order valence-electron chi connectivity index (χ1n) is 8.29. The largest absolute Gasteiger partial charge is 0.375 e. The third-order valence-corrected chi connectivity index (χ3v) is 5.11. The van der Waals surface area contributed by atoms with Crippen LogP contribution >= 0.6 is 0 Å². The summed E-state index contributed by atoms with van der Waals surface area (Å²) in [7, 11) is 0. The first-order valence-corrected chi connectivity index (χ1v) is 8.29. The number of hydrogen-bond donors (Lipinski definition) is 1. The van der Waals surface area contributed by atoms with Gasteiger partial charge in [-0.05, 0) is 71.3 Å². The van der Waals surface area contributed by atoms with Gasteiger partial charge < -0.3 is 10.1 Å². The highest BCUT2D eigenvalue weighted by Crippen LogP contribution is 2.44. The summed E-state index contributed by atoms with van der Waals surface area (Å²) in [6.07, 6.45) is 9.30. The highest BCUT2D eigenvalue weighted by molar-refractivity contribution is 4.92. The van der Waals surface area contributed by atoms with Crippen LogP contribution in [0, 0.1) is 11.8 Å². The smallest absolute Gasteiger partial charge is 0.0685 e. The quantitative estimate of drug-likeness (QED) is 0.826. The van der Waals surface area contributed by atoms with Crippen molar-refractivity contribution in [3.05, 3.63) is 0 Å². The minimum atomic E-state index is 0.252. The molecular weight excluding hydrogens is 234 g/mol. The van der Waals surface area contributed by atoms with Gasteiger partial charge in [0.05, 0.1) is 5.60 Å². The number of ether oxygens (including phenoxy) is 1. The van der Waals surface area contributed by atoms with Crippen molar-refractivity contribution < 1.29 is 4.74 Å². The topological polar surface area (TPSA) is 21.3 Å². The van der Waals surface area contributed by atoms with Crippen LogP contribution < -0.4 is 5.32 Å². The Labute approximate surface area is 119 Å². The Kier molecular flexibility index (Phi) is 4.94. The minimum Gasteiger partial charge on any atom is -0.375 e. The Morgan fingerprint density at radius 3 is 2.58 bits per heavy atom. The number of nitrogens with one attached hydrogen (secondary N) is 1. The monoisotopic (exact) mass is 267 g/mol. The van der Waals surface area contributed by atoms with Crippen LogP contribution in [0.2, 0.25) is 0 Å². The van der Waals surface area contributed by atoms with Gasteiger partial charge in [0.1, 0.15) is 0 Å². The summed E-state index contributed by atoms with van der Waals surface area (Å²) in [5.41, 5.74) is 0.538. The molecule has 0 aromatic rings. The van der Waals surface area contributed by atoms with E-state index in [0.29, 0.717) is 0 Å². The Morgan fingerprint density at radius 1 is 1.26 bits per heavy atom. The second kappa shape index (κ2) is 6.13. The molecule has 2 heteroatoms. The fourth-order valence-corrected chi connectivity index (χ4v) is 3.83. The van der Waals surface area contributed by atoms with Crippen molar-refractivity contribution in [3.63, 3.8) is 0 Å². The van der Waals surface area contributed by atoms with E-state index in [0.717, 1.165) is 25.0 Å². The molecule has 0 amide bonds. The van der Waals surface area contributed by atoms with E-state index >= 15 is 0 Å². The molecule has 1 aliphatic heterocycles. The van der Waals surface area contributed by atoms with Crippen molar-refractivity contribution in [2.45, 2.75) is 83.8 Å². The lowest BCUT2D eigenvalue weighted by Crippen LogP contribution is -2.41. The maximum atomic E-state index is 6.15. The Morgan fingerprint density at radius 2 is 1.95 bits per heavy atom. The molecule has 1 heterocycles. The minimum absolute atomic E-state index is 0.252. The summed E-state index contributed by atoms with van der Waals surface area (Å²) in [5, 5.41) is 3.62. The second-order valence-corrected chi connectivity index (χ2v) is 7.93. The van der Waals surface area contributed by atoms with Gasteiger partial charge in [-0.2, -0.15) is 0 Å². The molecule has 1 aliphatic carbocycles. The van der Waals surface area contributed by atoms with Crippen molar-refractivity contribution in [1.82, 2.24) is 5.32 Å². The molecule has 1 saturated carbocycles. The summed E-state index contributed by atoms with van der Waals surface area (Å²) >= 11 is 0. The summed E-state index contributed by atoms with van der Waals surface area (Å²) in [6.45, 7) is 11.3. The highest BCUT2D eigenvalue weighted by atomic mass is 16.5. The summed E-state index contributed by atoms with van der Waals surface area (Å²) in [5.74, 6) is 1.71. The normalized spacial score (nSPS) is 28.7. The highest BCUT2D eigenvalue weighted by Gasteiger charge is 2.40. The van der Waals surface area contributed by atoms with E-state index in [1.165, 1.54) is 44.9 Å². The summed E-state index contributed by atoms with van der Waals surface area (Å²) < 4.78 is 6.15. The van der Waals surface area contributed by atoms with Crippen molar-refractivity contribution in [1.29, 1.82) is 0 Å². The van der Waals surface area contributed by atoms with E-state index in [-0.39, 0.29) is 11.1 Å². The molecular formula is C17H33NO. The maximum Gasteiger partial charge on any atom is 0.0685 e. The van der Waals surface area contributed by atoms with E-state index in [1.54, 1.807) is 0 Å². The molecule has 0 aromatic carbocycles. The van der Waals surface area contributed by atoms with Crippen molar-refractivity contribution in [2.24, 2.45) is 11.8 Å². The van der Waals surface area contributed by atoms with Crippen LogP contribution in [0.3, 0.4) is 0 Å². The van der Waals surface area contributed by atoms with Gasteiger partial charge in [0.25, 0.3) is 0 Å². The second-order valence-electron chi connectivity index (χ2n) is 7.93. The van der Waals surface area contributed by atoms with Gasteiger partial charge in [-0.3, -0.25) is 0 Å². The van der Waals surface area contributed by atoms with Gasteiger partial charge in [0, 0.05) is 12.1 Å². The molecule has 0 bridgehead atoms. The van der Waals surface area contributed by atoms with Crippen molar-refractivity contribution >= 4 is 0 Å². The molecule has 2 rings (SSSR count). The molecule has 1 N–H and O–H groups in total. The molecule has 1 saturated heterocycles. The lowest BCUT2D eigenvalue weighted by molar-refractivity contribution is -0.101. The molecule has 2 aliphatic rings. The van der Waals surface area contributed by atoms with Crippen LogP contribution in [-0.2, 0) is 4.74 Å². The van der Waals surface area contributed by atoms with E-state index < -0.39 is 0 Å². The first-order chi connectivity index (χ1) is 8.90. The van der Waals surface area contributed by atoms with Crippen LogP contribution in [0.15, 0.2) is 0 Å². The lowest BCUT2D eigenvalue weighted by atomic mass is 9.77. The van der Waals surface area contributed by atoms with Gasteiger partial charge in [-0.25, -0.2) is 0 Å². The Hall–Kier alpha value is -0.0800. The molecule has 1 spiro atoms. The van der Waals surface area contributed by atoms with Gasteiger partial charge in [0.2, 0.25) is 0 Å². The van der Waals surface area contributed by atoms with Crippen LogP contribution in [0.25, 0.3) is 0 Å². The van der Waals surface area contributed by atoms with Crippen LogP contribution in [0.5, 0.6) is 0 Å². The zero-order valence-electron chi connectivity index (χ0n) is 13.4. The predicted molar refractivity (Wildman–Crippen MR) is 81.4 cm³/mol. The average molecular weight is 267 g/mol. The van der Waals surface area contributed by atoms with Crippen molar-refractivity contribution in [2.75, 3.05) is 13.2 Å². The fourth-order valence-electron chi connectivity index (χ4n) is 3.83.